The predicted octanol–water partition coefficient (Wildman–Crippen LogP) is 3.73. The van der Waals surface area contributed by atoms with Gasteiger partial charge >= 0.3 is 0 Å². The Balaban J connectivity index is 1.75. The van der Waals surface area contributed by atoms with Gasteiger partial charge in [-0.15, -0.1) is 21.5 Å². The van der Waals surface area contributed by atoms with Crippen molar-refractivity contribution in [3.63, 3.8) is 0 Å². The minimum atomic E-state index is 0.0391. The Morgan fingerprint density at radius 2 is 2.27 bits per heavy atom. The molecule has 0 saturated heterocycles. The smallest absolute Gasteiger partial charge is 0.239 e. The van der Waals surface area contributed by atoms with Crippen molar-refractivity contribution in [3.05, 3.63) is 29.2 Å². The van der Waals surface area contributed by atoms with Gasteiger partial charge in [-0.3, -0.25) is 0 Å². The van der Waals surface area contributed by atoms with E-state index in [0.29, 0.717) is 5.89 Å². The zero-order chi connectivity index (χ0) is 15.5. The summed E-state index contributed by atoms with van der Waals surface area (Å²) < 4.78 is 7.33. The highest BCUT2D eigenvalue weighted by Gasteiger charge is 2.20. The molecule has 0 aliphatic rings. The maximum atomic E-state index is 5.33. The molecule has 0 fully saturated rings. The molecule has 3 aromatic rings. The third-order valence-corrected chi connectivity index (χ3v) is 5.15. The number of aromatic nitrogens is 5. The molecule has 3 heterocycles. The normalized spacial score (nSPS) is 12.7. The second-order valence-corrected chi connectivity index (χ2v) is 7.16. The molecule has 1 atom stereocenters. The summed E-state index contributed by atoms with van der Waals surface area (Å²) in [5.41, 5.74) is 0. The molecule has 0 spiro atoms. The van der Waals surface area contributed by atoms with E-state index >= 15 is 0 Å². The molecule has 0 aliphatic heterocycles. The molecule has 116 valence electrons. The largest absolute Gasteiger partial charge is 0.338 e. The van der Waals surface area contributed by atoms with Gasteiger partial charge in [0.2, 0.25) is 5.89 Å². The maximum absolute atomic E-state index is 5.33. The number of thioether (sulfide) groups is 1. The van der Waals surface area contributed by atoms with Gasteiger partial charge in [0, 0.05) is 13.5 Å². The van der Waals surface area contributed by atoms with E-state index in [1.165, 1.54) is 0 Å². The van der Waals surface area contributed by atoms with Gasteiger partial charge in [-0.2, -0.15) is 4.98 Å². The van der Waals surface area contributed by atoms with Crippen molar-refractivity contribution >= 4 is 23.1 Å². The maximum Gasteiger partial charge on any atom is 0.239 e. The first-order chi connectivity index (χ1) is 10.7. The highest BCUT2D eigenvalue weighted by molar-refractivity contribution is 7.99. The van der Waals surface area contributed by atoms with Gasteiger partial charge in [-0.1, -0.05) is 29.9 Å². The first kappa shape index (κ1) is 15.2. The molecule has 22 heavy (non-hydrogen) atoms. The lowest BCUT2D eigenvalue weighted by molar-refractivity contribution is 0.374. The van der Waals surface area contributed by atoms with Crippen LogP contribution in [0.25, 0.3) is 10.7 Å². The first-order valence-electron chi connectivity index (χ1n) is 7.11. The van der Waals surface area contributed by atoms with Crippen molar-refractivity contribution in [2.24, 2.45) is 7.05 Å². The van der Waals surface area contributed by atoms with Gasteiger partial charge in [-0.25, -0.2) is 0 Å². The van der Waals surface area contributed by atoms with E-state index in [9.17, 15) is 0 Å². The number of rotatable bonds is 6. The summed E-state index contributed by atoms with van der Waals surface area (Å²) in [6.07, 6.45) is 1.85. The van der Waals surface area contributed by atoms with Crippen LogP contribution in [0.1, 0.15) is 37.2 Å². The van der Waals surface area contributed by atoms with Crippen LogP contribution in [0.5, 0.6) is 0 Å². The van der Waals surface area contributed by atoms with Crippen LogP contribution >= 0.6 is 23.1 Å². The lowest BCUT2D eigenvalue weighted by Gasteiger charge is -2.06. The van der Waals surface area contributed by atoms with Crippen molar-refractivity contribution in [3.8, 4) is 10.7 Å². The van der Waals surface area contributed by atoms with Crippen molar-refractivity contribution in [2.75, 3.05) is 0 Å². The van der Waals surface area contributed by atoms with Crippen LogP contribution in [0, 0.1) is 0 Å². The predicted molar refractivity (Wildman–Crippen MR) is 86.9 cm³/mol. The van der Waals surface area contributed by atoms with E-state index in [0.717, 1.165) is 34.5 Å². The molecule has 0 aromatic carbocycles. The van der Waals surface area contributed by atoms with Crippen molar-refractivity contribution < 1.29 is 4.52 Å². The minimum absolute atomic E-state index is 0.0391. The summed E-state index contributed by atoms with van der Waals surface area (Å²) in [5.74, 6) is 2.28. The van der Waals surface area contributed by atoms with Crippen LogP contribution < -0.4 is 0 Å². The Bertz CT molecular complexity index is 734. The number of nitrogens with zero attached hydrogens (tertiary/aromatic N) is 5. The Hall–Kier alpha value is -1.67. The van der Waals surface area contributed by atoms with E-state index in [1.54, 1.807) is 23.1 Å². The molecular formula is C14H17N5OS2. The van der Waals surface area contributed by atoms with E-state index in [1.807, 2.05) is 36.1 Å². The van der Waals surface area contributed by atoms with Crippen LogP contribution in [0.15, 0.2) is 27.2 Å². The summed E-state index contributed by atoms with van der Waals surface area (Å²) in [6.45, 7) is 4.13. The number of thiophene rings is 1. The molecule has 1 unspecified atom stereocenters. The van der Waals surface area contributed by atoms with Crippen LogP contribution in [0.3, 0.4) is 0 Å². The van der Waals surface area contributed by atoms with Crippen LogP contribution in [0.4, 0.5) is 0 Å². The standard InChI is InChI=1S/C14H17N5OS2/c1-4-6-11-15-13(20-18-11)9(2)22-14-17-16-12(19(14)3)10-7-5-8-21-10/h5,7-9H,4,6H2,1-3H3. The van der Waals surface area contributed by atoms with E-state index in [-0.39, 0.29) is 5.25 Å². The van der Waals surface area contributed by atoms with Crippen LogP contribution in [0.2, 0.25) is 0 Å². The number of aryl methyl sites for hydroxylation is 1. The average molecular weight is 335 g/mol. The SMILES string of the molecule is CCCc1noc(C(C)Sc2nnc(-c3cccs3)n2C)n1. The molecule has 0 N–H and O–H groups in total. The second kappa shape index (κ2) is 6.62. The fourth-order valence-electron chi connectivity index (χ4n) is 2.00. The van der Waals surface area contributed by atoms with Gasteiger partial charge in [0.25, 0.3) is 0 Å². The Morgan fingerprint density at radius 1 is 1.41 bits per heavy atom. The second-order valence-electron chi connectivity index (χ2n) is 4.90. The minimum Gasteiger partial charge on any atom is -0.338 e. The zero-order valence-electron chi connectivity index (χ0n) is 12.7. The average Bonchev–Trinajstić information content (AvgIpc) is 3.21. The fraction of sp³-hybridized carbons (Fsp3) is 0.429. The van der Waals surface area contributed by atoms with Gasteiger partial charge < -0.3 is 9.09 Å². The van der Waals surface area contributed by atoms with Crippen molar-refractivity contribution in [2.45, 2.75) is 37.1 Å². The first-order valence-corrected chi connectivity index (χ1v) is 8.87. The van der Waals surface area contributed by atoms with Gasteiger partial charge in [0.05, 0.1) is 10.1 Å². The Morgan fingerprint density at radius 3 is 3.00 bits per heavy atom. The molecule has 0 saturated carbocycles. The molecule has 6 nitrogen and oxygen atoms in total. The highest BCUT2D eigenvalue weighted by Crippen LogP contribution is 2.34. The van der Waals surface area contributed by atoms with Crippen molar-refractivity contribution in [1.82, 2.24) is 24.9 Å². The summed E-state index contributed by atoms with van der Waals surface area (Å²) in [7, 11) is 1.97. The Kier molecular flexibility index (Phi) is 4.58. The molecule has 0 radical (unpaired) electrons. The third kappa shape index (κ3) is 3.07. The number of hydrogen-bond acceptors (Lipinski definition) is 7. The van der Waals surface area contributed by atoms with E-state index in [4.69, 9.17) is 4.52 Å². The molecule has 0 aliphatic carbocycles. The van der Waals surface area contributed by atoms with Crippen LogP contribution in [-0.4, -0.2) is 24.9 Å². The topological polar surface area (TPSA) is 69.6 Å². The van der Waals surface area contributed by atoms with Gasteiger partial charge in [-0.05, 0) is 24.8 Å². The summed E-state index contributed by atoms with van der Waals surface area (Å²) >= 11 is 3.22. The molecule has 0 amide bonds. The molecular weight excluding hydrogens is 318 g/mol. The quantitative estimate of drug-likeness (QED) is 0.639. The van der Waals surface area contributed by atoms with Crippen molar-refractivity contribution in [1.29, 1.82) is 0 Å². The van der Waals surface area contributed by atoms with E-state index < -0.39 is 0 Å². The summed E-state index contributed by atoms with van der Waals surface area (Å²) in [5, 5.41) is 15.5. The summed E-state index contributed by atoms with van der Waals surface area (Å²) in [6, 6.07) is 4.05. The third-order valence-electron chi connectivity index (χ3n) is 3.16. The lowest BCUT2D eigenvalue weighted by atomic mass is 10.3. The molecule has 0 bridgehead atoms. The monoisotopic (exact) mass is 335 g/mol. The lowest BCUT2D eigenvalue weighted by Crippen LogP contribution is -1.96. The van der Waals surface area contributed by atoms with Gasteiger partial charge in [0.1, 0.15) is 0 Å². The van der Waals surface area contributed by atoms with Gasteiger partial charge in [0.15, 0.2) is 16.8 Å². The van der Waals surface area contributed by atoms with Crippen LogP contribution in [-0.2, 0) is 13.5 Å². The summed E-state index contributed by atoms with van der Waals surface area (Å²) in [4.78, 5) is 5.54. The zero-order valence-corrected chi connectivity index (χ0v) is 14.3. The fourth-order valence-corrected chi connectivity index (χ4v) is 3.59. The number of hydrogen-bond donors (Lipinski definition) is 0. The molecule has 8 heteroatoms. The molecule has 3 aromatic heterocycles. The van der Waals surface area contributed by atoms with E-state index in [2.05, 4.69) is 27.3 Å². The molecule has 3 rings (SSSR count). The highest BCUT2D eigenvalue weighted by atomic mass is 32.2. The Labute approximate surface area is 137 Å².